The van der Waals surface area contributed by atoms with Crippen molar-refractivity contribution in [1.82, 2.24) is 20.2 Å². The predicted molar refractivity (Wildman–Crippen MR) is 126 cm³/mol. The van der Waals surface area contributed by atoms with E-state index in [4.69, 9.17) is 15.2 Å². The van der Waals surface area contributed by atoms with Crippen LogP contribution in [0.25, 0.3) is 11.1 Å². The number of methoxy groups -OCH3 is 1. The van der Waals surface area contributed by atoms with Gasteiger partial charge in [-0.25, -0.2) is 14.4 Å². The number of anilines is 1. The van der Waals surface area contributed by atoms with Crippen LogP contribution in [0.3, 0.4) is 0 Å². The molecule has 4 N–H and O–H groups in total. The maximum absolute atomic E-state index is 13.9. The minimum absolute atomic E-state index is 0.0395. The highest BCUT2D eigenvalue weighted by Crippen LogP contribution is 2.26. The fourth-order valence-electron chi connectivity index (χ4n) is 4.27. The van der Waals surface area contributed by atoms with Gasteiger partial charge in [0, 0.05) is 50.5 Å². The summed E-state index contributed by atoms with van der Waals surface area (Å²) in [6.07, 6.45) is 3.29. The Morgan fingerprint density at radius 3 is 2.56 bits per heavy atom. The van der Waals surface area contributed by atoms with Crippen molar-refractivity contribution in [1.29, 1.82) is 0 Å². The summed E-state index contributed by atoms with van der Waals surface area (Å²) in [7, 11) is 3.41. The molecule has 34 heavy (non-hydrogen) atoms. The molecule has 0 saturated carbocycles. The Balaban J connectivity index is 1.57. The molecule has 1 aromatic carbocycles. The summed E-state index contributed by atoms with van der Waals surface area (Å²) >= 11 is 0. The van der Waals surface area contributed by atoms with Crippen LogP contribution in [0.5, 0.6) is 0 Å². The van der Waals surface area contributed by atoms with Crippen LogP contribution in [0.4, 0.5) is 10.3 Å². The van der Waals surface area contributed by atoms with Gasteiger partial charge in [-0.05, 0) is 31.5 Å². The molecule has 1 fully saturated rings. The number of carbonyl (C=O) groups excluding carboxylic acids is 1. The summed E-state index contributed by atoms with van der Waals surface area (Å²) in [6, 6.07) is 6.70. The molecule has 10 heteroatoms. The van der Waals surface area contributed by atoms with Crippen molar-refractivity contribution < 1.29 is 23.8 Å². The summed E-state index contributed by atoms with van der Waals surface area (Å²) in [5.41, 5.74) is 7.97. The number of ether oxygens (including phenoxy) is 2. The molecular weight excluding hydrogens is 441 g/mol. The third-order valence-electron chi connectivity index (χ3n) is 6.16. The van der Waals surface area contributed by atoms with Gasteiger partial charge in [-0.15, -0.1) is 0 Å². The van der Waals surface area contributed by atoms with Crippen LogP contribution < -0.4 is 11.1 Å². The zero-order valence-corrected chi connectivity index (χ0v) is 19.9. The molecule has 0 aliphatic carbocycles. The first-order valence-corrected chi connectivity index (χ1v) is 11.4. The number of aromatic nitrogens is 2. The smallest absolute Gasteiger partial charge is 0.221 e. The third-order valence-corrected chi connectivity index (χ3v) is 6.16. The van der Waals surface area contributed by atoms with Gasteiger partial charge in [0.15, 0.2) is 6.29 Å². The van der Waals surface area contributed by atoms with Crippen LogP contribution in [0.2, 0.25) is 0 Å². The fourth-order valence-corrected chi connectivity index (χ4v) is 4.27. The van der Waals surface area contributed by atoms with Gasteiger partial charge in [0.05, 0.1) is 12.1 Å². The van der Waals surface area contributed by atoms with E-state index in [0.717, 1.165) is 23.1 Å². The van der Waals surface area contributed by atoms with E-state index in [-0.39, 0.29) is 30.4 Å². The molecule has 9 nitrogen and oxygen atoms in total. The zero-order valence-electron chi connectivity index (χ0n) is 19.9. The molecule has 1 aromatic heterocycles. The lowest BCUT2D eigenvalue weighted by Crippen LogP contribution is -2.45. The number of nitrogen functional groups attached to an aromatic ring is 1. The Labute approximate surface area is 199 Å². The minimum atomic E-state index is -0.821. The average molecular weight is 476 g/mol. The Kier molecular flexibility index (Phi) is 9.28. The summed E-state index contributed by atoms with van der Waals surface area (Å²) in [5.74, 6) is -0.0553. The minimum Gasteiger partial charge on any atom is -0.375 e. The first-order valence-electron chi connectivity index (χ1n) is 11.4. The van der Waals surface area contributed by atoms with Gasteiger partial charge in [0.1, 0.15) is 12.8 Å². The molecule has 3 rings (SSSR count). The van der Waals surface area contributed by atoms with Gasteiger partial charge in [-0.2, -0.15) is 0 Å². The summed E-state index contributed by atoms with van der Waals surface area (Å²) in [4.78, 5) is 22.6. The van der Waals surface area contributed by atoms with E-state index in [2.05, 4.69) is 15.3 Å². The number of alkyl halides is 1. The number of hydrogen-bond donors (Lipinski definition) is 3. The number of nitrogens with one attached hydrogen (secondary N) is 1. The monoisotopic (exact) mass is 475 g/mol. The number of benzene rings is 1. The maximum atomic E-state index is 13.9. The van der Waals surface area contributed by atoms with Gasteiger partial charge in [0.2, 0.25) is 11.9 Å². The number of amides is 1. The van der Waals surface area contributed by atoms with Crippen molar-refractivity contribution in [2.75, 3.05) is 33.1 Å². The molecule has 2 unspecified atom stereocenters. The fraction of sp³-hybridized carbons (Fsp3) is 0.542. The normalized spacial score (nSPS) is 22.4. The van der Waals surface area contributed by atoms with Crippen LogP contribution in [0.1, 0.15) is 37.9 Å². The van der Waals surface area contributed by atoms with Crippen molar-refractivity contribution >= 4 is 11.9 Å². The highest BCUT2D eigenvalue weighted by molar-refractivity contribution is 5.76. The van der Waals surface area contributed by atoms with E-state index in [1.165, 1.54) is 7.11 Å². The summed E-state index contributed by atoms with van der Waals surface area (Å²) < 4.78 is 24.8. The molecule has 2 heterocycles. The molecule has 0 bridgehead atoms. The predicted octanol–water partition coefficient (Wildman–Crippen LogP) is 2.08. The van der Waals surface area contributed by atoms with E-state index < -0.39 is 25.1 Å². The van der Waals surface area contributed by atoms with Gasteiger partial charge in [-0.1, -0.05) is 24.3 Å². The molecular formula is C24H34FN5O4. The van der Waals surface area contributed by atoms with Crippen molar-refractivity contribution in [2.24, 2.45) is 0 Å². The second-order valence-corrected chi connectivity index (χ2v) is 8.69. The number of hydrogen-bond acceptors (Lipinski definition) is 8. The van der Waals surface area contributed by atoms with Gasteiger partial charge >= 0.3 is 0 Å². The Hall–Kier alpha value is -2.66. The van der Waals surface area contributed by atoms with E-state index in [0.29, 0.717) is 13.0 Å². The lowest BCUT2D eigenvalue weighted by molar-refractivity contribution is -0.173. The third kappa shape index (κ3) is 6.92. The lowest BCUT2D eigenvalue weighted by atomic mass is 9.99. The Bertz CT molecular complexity index is 905. The standard InChI is InChI=1S/C24H34FN5O4/c1-15-10-19(11-22(32)34-15)30(2)9-8-21(31)29-20(12-25)23(33-3)17-6-4-16(5-7-17)18-13-27-24(26)28-14-18/h4-7,13-15,19-20,22-23,32H,8-12H2,1-3H3,(H,29,31)(H2,26,27,28)/t15-,19+,20?,22?,23-/m1/s1. The number of nitrogens with two attached hydrogens (primary N) is 1. The summed E-state index contributed by atoms with van der Waals surface area (Å²) in [5, 5.41) is 12.6. The average Bonchev–Trinajstić information content (AvgIpc) is 2.82. The van der Waals surface area contributed by atoms with Crippen molar-refractivity contribution in [2.45, 2.75) is 56.8 Å². The molecule has 0 radical (unpaired) electrons. The van der Waals surface area contributed by atoms with Crippen LogP contribution >= 0.6 is 0 Å². The molecule has 1 aliphatic rings. The van der Waals surface area contributed by atoms with Gasteiger partial charge < -0.3 is 30.5 Å². The van der Waals surface area contributed by atoms with Crippen molar-refractivity contribution in [3.63, 3.8) is 0 Å². The number of aliphatic hydroxyl groups excluding tert-OH is 1. The van der Waals surface area contributed by atoms with E-state index >= 15 is 0 Å². The first kappa shape index (κ1) is 26.0. The first-order chi connectivity index (χ1) is 16.3. The molecule has 1 saturated heterocycles. The number of halogens is 1. The van der Waals surface area contributed by atoms with Gasteiger partial charge in [-0.3, -0.25) is 4.79 Å². The van der Waals surface area contributed by atoms with Crippen molar-refractivity contribution in [3.8, 4) is 11.1 Å². The molecule has 1 aliphatic heterocycles. The molecule has 5 atom stereocenters. The van der Waals surface area contributed by atoms with E-state index in [1.807, 2.05) is 43.1 Å². The number of nitrogens with zero attached hydrogens (tertiary/aromatic N) is 3. The van der Waals surface area contributed by atoms with Crippen molar-refractivity contribution in [3.05, 3.63) is 42.2 Å². The van der Waals surface area contributed by atoms with Crippen LogP contribution in [-0.2, 0) is 14.3 Å². The van der Waals surface area contributed by atoms with Gasteiger partial charge in [0.25, 0.3) is 0 Å². The molecule has 186 valence electrons. The molecule has 1 amide bonds. The van der Waals surface area contributed by atoms with E-state index in [9.17, 15) is 14.3 Å². The van der Waals surface area contributed by atoms with E-state index in [1.54, 1.807) is 12.4 Å². The number of aliphatic hydroxyl groups is 1. The van der Waals surface area contributed by atoms with Crippen LogP contribution in [0, 0.1) is 0 Å². The number of carbonyl (C=O) groups is 1. The zero-order chi connectivity index (χ0) is 24.7. The number of rotatable bonds is 10. The Morgan fingerprint density at radius 2 is 1.97 bits per heavy atom. The second-order valence-electron chi connectivity index (χ2n) is 8.69. The maximum Gasteiger partial charge on any atom is 0.221 e. The summed E-state index contributed by atoms with van der Waals surface area (Å²) in [6.45, 7) is 1.64. The van der Waals surface area contributed by atoms with Crippen LogP contribution in [-0.4, -0.2) is 77.7 Å². The lowest BCUT2D eigenvalue weighted by Gasteiger charge is -2.36. The Morgan fingerprint density at radius 1 is 1.29 bits per heavy atom. The molecule has 0 spiro atoms. The second kappa shape index (κ2) is 12.2. The largest absolute Gasteiger partial charge is 0.375 e. The highest BCUT2D eigenvalue weighted by Gasteiger charge is 2.29. The van der Waals surface area contributed by atoms with Crippen LogP contribution in [0.15, 0.2) is 36.7 Å². The highest BCUT2D eigenvalue weighted by atomic mass is 19.1. The topological polar surface area (TPSA) is 123 Å². The quantitative estimate of drug-likeness (QED) is 0.477. The SMILES string of the molecule is CO[C@H](c1ccc(-c2cnc(N)nc2)cc1)C(CF)NC(=O)CCN(C)[C@@H]1CC(O)O[C@H](C)C1. The molecule has 2 aromatic rings.